The molecular weight excluding hydrogens is 666 g/mol. The van der Waals surface area contributed by atoms with Crippen molar-refractivity contribution in [3.63, 3.8) is 0 Å². The highest BCUT2D eigenvalue weighted by atomic mass is 16.5. The Bertz CT molecular complexity index is 2070. The van der Waals surface area contributed by atoms with Gasteiger partial charge in [0.25, 0.3) is 5.56 Å². The number of hydrogen-bond acceptors (Lipinski definition) is 11. The number of anilines is 1. The maximum absolute atomic E-state index is 12.8. The third-order valence-corrected chi connectivity index (χ3v) is 8.83. The van der Waals surface area contributed by atoms with E-state index in [1.165, 1.54) is 23.9 Å². The predicted octanol–water partition coefficient (Wildman–Crippen LogP) is 5.03. The van der Waals surface area contributed by atoms with E-state index in [-0.39, 0.29) is 43.3 Å². The molecule has 276 valence electrons. The first-order valence-corrected chi connectivity index (χ1v) is 16.8. The van der Waals surface area contributed by atoms with Crippen molar-refractivity contribution in [1.82, 2.24) is 14.9 Å². The Morgan fingerprint density at radius 1 is 1.29 bits per heavy atom. The van der Waals surface area contributed by atoms with Crippen LogP contribution in [0.25, 0.3) is 11.6 Å². The number of nitriles is 1. The molecule has 0 unspecified atom stereocenters. The highest BCUT2D eigenvalue weighted by Gasteiger charge is 2.33. The first-order chi connectivity index (χ1) is 25.8. The molecule has 1 fully saturated rings. The van der Waals surface area contributed by atoms with Crippen molar-refractivity contribution in [3.05, 3.63) is 91.8 Å². The van der Waals surface area contributed by atoms with Crippen LogP contribution < -0.4 is 26.2 Å². The van der Waals surface area contributed by atoms with E-state index >= 15 is 0 Å². The Kier molecular flexibility index (Phi) is 12.1. The molecule has 2 aliphatic heterocycles. The van der Waals surface area contributed by atoms with Gasteiger partial charge in [-0.2, -0.15) is 5.26 Å². The van der Waals surface area contributed by atoms with Crippen LogP contribution in [-0.4, -0.2) is 72.2 Å². The van der Waals surface area contributed by atoms with E-state index < -0.39 is 29.7 Å². The van der Waals surface area contributed by atoms with Crippen LogP contribution in [0.4, 0.5) is 17.1 Å². The van der Waals surface area contributed by atoms with Gasteiger partial charge in [-0.25, -0.2) is 4.79 Å². The van der Waals surface area contributed by atoms with Crippen LogP contribution >= 0.6 is 0 Å². The van der Waals surface area contributed by atoms with Crippen LogP contribution in [0.5, 0.6) is 5.75 Å². The molecule has 1 saturated heterocycles. The van der Waals surface area contributed by atoms with Gasteiger partial charge in [-0.05, 0) is 70.4 Å². The van der Waals surface area contributed by atoms with Gasteiger partial charge in [-0.15, -0.1) is 10.2 Å². The molecule has 0 spiro atoms. The molecule has 3 aromatic rings. The first kappa shape index (κ1) is 36.4. The number of azo groups is 1. The monoisotopic (exact) mass is 716 g/mol. The molecule has 14 heteroatoms. The van der Waals surface area contributed by atoms with Gasteiger partial charge in [0.05, 0.1) is 36.0 Å². The van der Waals surface area contributed by atoms with Crippen LogP contribution in [0.1, 0.15) is 76.8 Å². The normalized spacial score (nSPS) is 19.6. The predicted molar refractivity (Wildman–Crippen MR) is 199 cm³/mol. The molecule has 0 saturated carbocycles. The fourth-order valence-corrected chi connectivity index (χ4v) is 6.24. The van der Waals surface area contributed by atoms with E-state index in [4.69, 9.17) is 12.3 Å². The molecule has 0 radical (unpaired) electrons. The van der Waals surface area contributed by atoms with Crippen molar-refractivity contribution in [2.24, 2.45) is 10.2 Å². The number of aromatic amines is 1. The number of methoxy groups -OCH3 is 1. The van der Waals surface area contributed by atoms with Gasteiger partial charge < -0.3 is 29.9 Å². The summed E-state index contributed by atoms with van der Waals surface area (Å²) in [5.74, 6) is 0.374. The fraction of sp³-hybridized carbons (Fsp3) is 0.421. The van der Waals surface area contributed by atoms with Crippen molar-refractivity contribution in [3.8, 4) is 11.8 Å². The Hall–Kier alpha value is -5.36. The zero-order valence-electron chi connectivity index (χ0n) is 32.3. The molecule has 3 atom stereocenters. The van der Waals surface area contributed by atoms with E-state index in [9.17, 15) is 24.8 Å². The molecule has 0 bridgehead atoms. The maximum Gasteiger partial charge on any atom is 0.330 e. The number of aliphatic hydroxyl groups is 2. The summed E-state index contributed by atoms with van der Waals surface area (Å²) < 4.78 is 25.7. The van der Waals surface area contributed by atoms with Crippen LogP contribution in [0, 0.1) is 18.3 Å². The number of carbonyl (C=O) groups excluding carboxylic acids is 1. The lowest BCUT2D eigenvalue weighted by Crippen LogP contribution is -2.45. The summed E-state index contributed by atoms with van der Waals surface area (Å²) in [4.78, 5) is 42.0. The van der Waals surface area contributed by atoms with Gasteiger partial charge in [-0.3, -0.25) is 19.1 Å². The second-order valence-electron chi connectivity index (χ2n) is 13.0. The molecule has 1 aromatic heterocycles. The molecule has 5 rings (SSSR count). The number of aromatic nitrogens is 2. The third-order valence-electron chi connectivity index (χ3n) is 8.83. The number of rotatable bonds is 11. The van der Waals surface area contributed by atoms with Crippen LogP contribution in [0.2, 0.25) is 0 Å². The molecular formula is C38H47N7O7. The highest BCUT2D eigenvalue weighted by molar-refractivity contribution is 5.85. The van der Waals surface area contributed by atoms with Gasteiger partial charge in [0.1, 0.15) is 29.4 Å². The van der Waals surface area contributed by atoms with Crippen LogP contribution in [0.15, 0.2) is 68.5 Å². The second kappa shape index (κ2) is 17.2. The Labute approximate surface area is 305 Å². The minimum absolute atomic E-state index is 0.130. The smallest absolute Gasteiger partial charge is 0.330 e. The van der Waals surface area contributed by atoms with Crippen LogP contribution in [-0.2, 0) is 9.53 Å². The van der Waals surface area contributed by atoms with E-state index in [1.54, 1.807) is 25.3 Å². The molecule has 4 N–H and O–H groups in total. The summed E-state index contributed by atoms with van der Waals surface area (Å²) >= 11 is 0. The molecule has 14 nitrogen and oxygen atoms in total. The van der Waals surface area contributed by atoms with E-state index in [2.05, 4.69) is 56.5 Å². The average molecular weight is 717 g/mol. The van der Waals surface area contributed by atoms with Gasteiger partial charge in [0, 0.05) is 57.9 Å². The molecule has 52 heavy (non-hydrogen) atoms. The van der Waals surface area contributed by atoms with Crippen molar-refractivity contribution >= 4 is 34.6 Å². The number of aryl methyl sites for hydroxylation is 1. The number of aliphatic hydroxyl groups excluding tert-OH is 2. The number of ether oxygens (including phenoxy) is 2. The number of carbonyl (C=O) groups is 1. The Morgan fingerprint density at radius 2 is 2.04 bits per heavy atom. The van der Waals surface area contributed by atoms with Crippen LogP contribution in [0.3, 0.4) is 0 Å². The number of nitrogens with one attached hydrogen (secondary N) is 2. The average Bonchev–Trinajstić information content (AvgIpc) is 3.51. The lowest BCUT2D eigenvalue weighted by Gasteiger charge is -2.43. The quantitative estimate of drug-likeness (QED) is 0.197. The van der Waals surface area contributed by atoms with Crippen molar-refractivity contribution in [2.45, 2.75) is 77.8 Å². The van der Waals surface area contributed by atoms with Crippen molar-refractivity contribution < 1.29 is 25.9 Å². The van der Waals surface area contributed by atoms with Gasteiger partial charge in [0.2, 0.25) is 7.34 Å². The third kappa shape index (κ3) is 9.10. The fourth-order valence-electron chi connectivity index (χ4n) is 6.24. The SMILES string of the molecule is [2H]C[C@H]1O[C@@H](n2cc(/C=C/CNC(=O)CCCN3c4cc(OC)c(N=Nc5ccc(C)cc5C#N)cc4C(C)=CC3(C)C)c(=O)[nH]c2=O)C[C@H]1O.[3H]OC. The lowest BCUT2D eigenvalue weighted by molar-refractivity contribution is -0.120. The Morgan fingerprint density at radius 3 is 2.73 bits per heavy atom. The second-order valence-corrected chi connectivity index (χ2v) is 13.0. The van der Waals surface area contributed by atoms with E-state index in [0.29, 0.717) is 35.7 Å². The summed E-state index contributed by atoms with van der Waals surface area (Å²) in [5, 5.41) is 34.8. The molecule has 1 amide bonds. The molecule has 0 aliphatic carbocycles. The van der Waals surface area contributed by atoms with Gasteiger partial charge in [-0.1, -0.05) is 24.3 Å². The Balaban J connectivity index is 0.00000209. The van der Waals surface area contributed by atoms with Crippen molar-refractivity contribution in [1.29, 1.82) is 6.69 Å². The maximum atomic E-state index is 12.8. The number of benzene rings is 2. The minimum Gasteiger partial charge on any atom is -0.494 e. The summed E-state index contributed by atoms with van der Waals surface area (Å²) in [6, 6.07) is 11.5. The number of H-pyrrole nitrogens is 1. The first-order valence-electron chi connectivity index (χ1n) is 17.9. The zero-order chi connectivity index (χ0) is 39.6. The standard InChI is InChI=1S/C37H43N7O6.CH4O/c1-22-11-12-28(26(15-22)20-38)41-42-29-16-27-23(2)19-37(4,5)44(30(27)17-32(29)49-6)14-8-10-33(46)39-13-7-9-25-21-43(36(48)40-35(25)47)34-18-31(45)24(3)50-34;1-2/h7,9,11-12,15-17,19,21,24,31,34,45H,8,10,13-14,18H2,1-6H3,(H,39,46)(H,40,47,48);2H,1H3/b9-7+,42-41?;/t24-,31-,34-;/m1./s1/i3D;2T. The summed E-state index contributed by atoms with van der Waals surface area (Å²) in [7, 11) is 2.87. The zero-order valence-corrected chi connectivity index (χ0v) is 30.3. The van der Waals surface area contributed by atoms with E-state index in [0.717, 1.165) is 22.4 Å². The topological polar surface area (TPSA) is 195 Å². The van der Waals surface area contributed by atoms with Crippen molar-refractivity contribution in [2.75, 3.05) is 32.2 Å². The summed E-state index contributed by atoms with van der Waals surface area (Å²) in [6.45, 7) is 8.80. The molecule has 3 heterocycles. The number of fused-ring (bicyclic) bond motifs is 1. The number of hydrogen-bond donors (Lipinski definition) is 4. The highest BCUT2D eigenvalue weighted by Crippen LogP contribution is 2.45. The van der Waals surface area contributed by atoms with E-state index in [1.807, 2.05) is 32.0 Å². The van der Waals surface area contributed by atoms with Gasteiger partial charge >= 0.3 is 5.69 Å². The van der Waals surface area contributed by atoms with Gasteiger partial charge in [0.15, 0.2) is 0 Å². The number of amides is 1. The molecule has 2 aromatic carbocycles. The summed E-state index contributed by atoms with van der Waals surface area (Å²) in [5.41, 5.74) is 3.98. The lowest BCUT2D eigenvalue weighted by atomic mass is 9.88. The molecule has 2 aliphatic rings. The minimum atomic E-state index is -0.875. The number of nitrogens with zero attached hydrogens (tertiary/aromatic N) is 5. The summed E-state index contributed by atoms with van der Waals surface area (Å²) in [6.07, 6.45) is 5.25. The number of allylic oxidation sites excluding steroid dienone is 1. The largest absolute Gasteiger partial charge is 0.494 e.